The van der Waals surface area contributed by atoms with Crippen molar-refractivity contribution in [1.82, 2.24) is 15.3 Å². The zero-order valence-electron chi connectivity index (χ0n) is 10.2. The van der Waals surface area contributed by atoms with E-state index in [1.807, 2.05) is 0 Å². The highest BCUT2D eigenvalue weighted by Crippen LogP contribution is 2.44. The zero-order chi connectivity index (χ0) is 12.5. The summed E-state index contributed by atoms with van der Waals surface area (Å²) < 4.78 is 0. The van der Waals surface area contributed by atoms with Crippen LogP contribution in [0.3, 0.4) is 0 Å². The maximum Gasteiger partial charge on any atom is 0.254 e. The molecule has 1 heterocycles. The van der Waals surface area contributed by atoms with Crippen molar-refractivity contribution in [1.29, 1.82) is 0 Å². The van der Waals surface area contributed by atoms with Crippen LogP contribution in [0.5, 0.6) is 0 Å². The Hall–Kier alpha value is -1.49. The quantitative estimate of drug-likeness (QED) is 0.801. The summed E-state index contributed by atoms with van der Waals surface area (Å²) in [5.74, 6) is 0.496. The fraction of sp³-hybridized carbons (Fsp3) is 0.583. The van der Waals surface area contributed by atoms with E-state index in [9.17, 15) is 4.79 Å². The van der Waals surface area contributed by atoms with Gasteiger partial charge in [0.1, 0.15) is 5.82 Å². The van der Waals surface area contributed by atoms with Crippen molar-refractivity contribution in [3.63, 3.8) is 0 Å². The van der Waals surface area contributed by atoms with Crippen molar-refractivity contribution in [2.45, 2.75) is 26.7 Å². The van der Waals surface area contributed by atoms with Crippen LogP contribution in [0.1, 0.15) is 34.7 Å². The number of carbonyl (C=O) groups excluding carboxylic acids is 1. The van der Waals surface area contributed by atoms with Gasteiger partial charge in [-0.15, -0.1) is 0 Å². The Morgan fingerprint density at radius 1 is 1.53 bits per heavy atom. The first kappa shape index (κ1) is 12.0. The number of hydrogen-bond donors (Lipinski definition) is 2. The molecule has 0 aliphatic heterocycles. The van der Waals surface area contributed by atoms with Crippen LogP contribution < -0.4 is 5.32 Å². The third-order valence-electron chi connectivity index (χ3n) is 3.26. The highest BCUT2D eigenvalue weighted by atomic mass is 16.3. The number of amides is 1. The molecule has 1 aromatic rings. The van der Waals surface area contributed by atoms with Crippen LogP contribution in [0, 0.1) is 19.3 Å². The number of nitrogens with zero attached hydrogens (tertiary/aromatic N) is 2. The van der Waals surface area contributed by atoms with Gasteiger partial charge in [0.05, 0.1) is 17.9 Å². The Morgan fingerprint density at radius 3 is 2.76 bits per heavy atom. The highest BCUT2D eigenvalue weighted by Gasteiger charge is 2.42. The monoisotopic (exact) mass is 235 g/mol. The molecule has 0 aromatic carbocycles. The van der Waals surface area contributed by atoms with E-state index in [1.165, 1.54) is 0 Å². The summed E-state index contributed by atoms with van der Waals surface area (Å²) >= 11 is 0. The maximum absolute atomic E-state index is 11.9. The molecular weight excluding hydrogens is 218 g/mol. The van der Waals surface area contributed by atoms with Gasteiger partial charge in [-0.2, -0.15) is 0 Å². The van der Waals surface area contributed by atoms with Gasteiger partial charge >= 0.3 is 0 Å². The topological polar surface area (TPSA) is 75.1 Å². The van der Waals surface area contributed by atoms with Gasteiger partial charge in [0, 0.05) is 18.2 Å². The Bertz CT molecular complexity index is 441. The predicted molar refractivity (Wildman–Crippen MR) is 62.6 cm³/mol. The molecule has 0 bridgehead atoms. The van der Waals surface area contributed by atoms with E-state index < -0.39 is 0 Å². The average Bonchev–Trinajstić information content (AvgIpc) is 3.07. The van der Waals surface area contributed by atoms with Crippen molar-refractivity contribution < 1.29 is 9.90 Å². The molecule has 0 unspecified atom stereocenters. The standard InChI is InChI=1S/C12H17N3O2/c1-8-10(5-13-9(2)15-8)11(17)14-6-12(7-16)3-4-12/h5,16H,3-4,6-7H2,1-2H3,(H,14,17). The summed E-state index contributed by atoms with van der Waals surface area (Å²) in [4.78, 5) is 20.1. The molecule has 1 aliphatic carbocycles. The first-order valence-corrected chi connectivity index (χ1v) is 5.76. The molecule has 1 aromatic heterocycles. The lowest BCUT2D eigenvalue weighted by Gasteiger charge is -2.13. The molecule has 5 heteroatoms. The van der Waals surface area contributed by atoms with Crippen molar-refractivity contribution in [3.8, 4) is 0 Å². The van der Waals surface area contributed by atoms with Gasteiger partial charge in [-0.1, -0.05) is 0 Å². The van der Waals surface area contributed by atoms with E-state index in [1.54, 1.807) is 20.0 Å². The number of aliphatic hydroxyl groups excluding tert-OH is 1. The number of nitrogens with one attached hydrogen (secondary N) is 1. The molecule has 1 amide bonds. The van der Waals surface area contributed by atoms with Crippen molar-refractivity contribution in [2.75, 3.05) is 13.2 Å². The van der Waals surface area contributed by atoms with Gasteiger partial charge in [0.25, 0.3) is 5.91 Å². The average molecular weight is 235 g/mol. The fourth-order valence-electron chi connectivity index (χ4n) is 1.74. The second-order valence-corrected chi connectivity index (χ2v) is 4.76. The molecule has 5 nitrogen and oxygen atoms in total. The van der Waals surface area contributed by atoms with Crippen LogP contribution in [-0.4, -0.2) is 34.1 Å². The normalized spacial score (nSPS) is 16.6. The Labute approximate surface area is 100 Å². The van der Waals surface area contributed by atoms with Crippen LogP contribution in [0.4, 0.5) is 0 Å². The van der Waals surface area contributed by atoms with Crippen LogP contribution >= 0.6 is 0 Å². The summed E-state index contributed by atoms with van der Waals surface area (Å²) in [6, 6.07) is 0. The van der Waals surface area contributed by atoms with Crippen LogP contribution in [-0.2, 0) is 0 Å². The lowest BCUT2D eigenvalue weighted by atomic mass is 10.1. The van der Waals surface area contributed by atoms with Gasteiger partial charge in [0.15, 0.2) is 0 Å². The Kier molecular flexibility index (Phi) is 3.11. The number of aromatic nitrogens is 2. The maximum atomic E-state index is 11.9. The summed E-state index contributed by atoms with van der Waals surface area (Å²) in [5.41, 5.74) is 1.11. The van der Waals surface area contributed by atoms with Gasteiger partial charge in [0.2, 0.25) is 0 Å². The van der Waals surface area contributed by atoms with Crippen molar-refractivity contribution in [3.05, 3.63) is 23.3 Å². The second-order valence-electron chi connectivity index (χ2n) is 4.76. The lowest BCUT2D eigenvalue weighted by molar-refractivity contribution is 0.0933. The number of aryl methyl sites for hydroxylation is 2. The summed E-state index contributed by atoms with van der Waals surface area (Å²) in [6.45, 7) is 4.24. The van der Waals surface area contributed by atoms with E-state index in [0.29, 0.717) is 23.6 Å². The second kappa shape index (κ2) is 4.41. The van der Waals surface area contributed by atoms with E-state index in [-0.39, 0.29) is 17.9 Å². The van der Waals surface area contributed by atoms with E-state index in [2.05, 4.69) is 15.3 Å². The molecule has 0 saturated heterocycles. The smallest absolute Gasteiger partial charge is 0.254 e. The first-order valence-electron chi connectivity index (χ1n) is 5.76. The van der Waals surface area contributed by atoms with E-state index in [0.717, 1.165) is 12.8 Å². The lowest BCUT2D eigenvalue weighted by Crippen LogP contribution is -2.32. The third kappa shape index (κ3) is 2.61. The van der Waals surface area contributed by atoms with Crippen LogP contribution in [0.15, 0.2) is 6.20 Å². The number of hydrogen-bond acceptors (Lipinski definition) is 4. The molecule has 2 N–H and O–H groups in total. The number of rotatable bonds is 4. The molecular formula is C12H17N3O2. The minimum absolute atomic E-state index is 0.0743. The molecule has 92 valence electrons. The predicted octanol–water partition coefficient (Wildman–Crippen LogP) is 0.596. The fourth-order valence-corrected chi connectivity index (χ4v) is 1.74. The molecule has 0 spiro atoms. The third-order valence-corrected chi connectivity index (χ3v) is 3.26. The Morgan fingerprint density at radius 2 is 2.24 bits per heavy atom. The van der Waals surface area contributed by atoms with Gasteiger partial charge in [-0.3, -0.25) is 4.79 Å². The molecule has 1 aliphatic rings. The molecule has 1 fully saturated rings. The molecule has 0 atom stereocenters. The molecule has 17 heavy (non-hydrogen) atoms. The molecule has 1 saturated carbocycles. The molecule has 2 rings (SSSR count). The summed E-state index contributed by atoms with van der Waals surface area (Å²) in [6.07, 6.45) is 3.51. The minimum Gasteiger partial charge on any atom is -0.396 e. The molecule has 0 radical (unpaired) electrons. The van der Waals surface area contributed by atoms with Gasteiger partial charge in [-0.25, -0.2) is 9.97 Å². The number of carbonyl (C=O) groups is 1. The van der Waals surface area contributed by atoms with Crippen molar-refractivity contribution in [2.24, 2.45) is 5.41 Å². The van der Waals surface area contributed by atoms with Gasteiger partial charge in [-0.05, 0) is 26.7 Å². The first-order chi connectivity index (χ1) is 8.06. The number of aliphatic hydroxyl groups is 1. The highest BCUT2D eigenvalue weighted by molar-refractivity contribution is 5.94. The van der Waals surface area contributed by atoms with Gasteiger partial charge < -0.3 is 10.4 Å². The van der Waals surface area contributed by atoms with E-state index >= 15 is 0 Å². The van der Waals surface area contributed by atoms with Crippen molar-refractivity contribution >= 4 is 5.91 Å². The largest absolute Gasteiger partial charge is 0.396 e. The minimum atomic E-state index is -0.165. The summed E-state index contributed by atoms with van der Waals surface area (Å²) in [7, 11) is 0. The Balaban J connectivity index is 2.00. The van der Waals surface area contributed by atoms with Crippen LogP contribution in [0.2, 0.25) is 0 Å². The van der Waals surface area contributed by atoms with Crippen LogP contribution in [0.25, 0.3) is 0 Å². The zero-order valence-corrected chi connectivity index (χ0v) is 10.2. The summed E-state index contributed by atoms with van der Waals surface area (Å²) in [5, 5.41) is 12.0. The SMILES string of the molecule is Cc1ncc(C(=O)NCC2(CO)CC2)c(C)n1. The van der Waals surface area contributed by atoms with E-state index in [4.69, 9.17) is 5.11 Å².